The Kier molecular flexibility index (Phi) is 4.98. The van der Waals surface area contributed by atoms with Gasteiger partial charge in [0.15, 0.2) is 22.8 Å². The van der Waals surface area contributed by atoms with Gasteiger partial charge >= 0.3 is 0 Å². The Balaban J connectivity index is 1.10. The lowest BCUT2D eigenvalue weighted by atomic mass is 9.55. The molecule has 1 fully saturated rings. The van der Waals surface area contributed by atoms with Crippen LogP contribution in [-0.2, 0) is 11.9 Å². The number of hydrogen-bond acceptors (Lipinski definition) is 8. The number of rotatable bonds is 3. The molecule has 36 heavy (non-hydrogen) atoms. The summed E-state index contributed by atoms with van der Waals surface area (Å²) in [5, 5.41) is 0.762. The van der Waals surface area contributed by atoms with Crippen LogP contribution in [0.1, 0.15) is 24.0 Å². The molecule has 0 bridgehead atoms. The molecule has 3 aliphatic rings. The van der Waals surface area contributed by atoms with Gasteiger partial charge in [0, 0.05) is 18.5 Å². The monoisotopic (exact) mass is 496 g/mol. The maximum absolute atomic E-state index is 6.76. The van der Waals surface area contributed by atoms with Crippen LogP contribution in [0.25, 0.3) is 11.3 Å². The average molecular weight is 496 g/mol. The molecular formula is C26H25BN6O2S. The molecule has 4 heterocycles. The first kappa shape index (κ1) is 22.0. The molecule has 1 spiro atoms. The molecule has 180 valence electrons. The number of piperidine rings is 1. The first-order valence-electron chi connectivity index (χ1n) is 12.2. The zero-order valence-corrected chi connectivity index (χ0v) is 20.6. The lowest BCUT2D eigenvalue weighted by Gasteiger charge is -2.48. The van der Waals surface area contributed by atoms with E-state index >= 15 is 0 Å². The summed E-state index contributed by atoms with van der Waals surface area (Å²) in [6.45, 7) is 2.74. The van der Waals surface area contributed by atoms with E-state index in [9.17, 15) is 0 Å². The first-order chi connectivity index (χ1) is 17.5. The summed E-state index contributed by atoms with van der Waals surface area (Å²) in [5.41, 5.74) is 9.43. The molecule has 0 saturated carbocycles. The second-order valence-corrected chi connectivity index (χ2v) is 10.9. The molecule has 2 aliphatic heterocycles. The second kappa shape index (κ2) is 8.14. The number of fused-ring (bicyclic) bond motifs is 3. The third-order valence-electron chi connectivity index (χ3n) is 7.81. The van der Waals surface area contributed by atoms with Crippen LogP contribution in [0.2, 0.25) is 0 Å². The lowest BCUT2D eigenvalue weighted by Crippen LogP contribution is -2.55. The van der Waals surface area contributed by atoms with Gasteiger partial charge in [-0.3, -0.25) is 0 Å². The summed E-state index contributed by atoms with van der Waals surface area (Å²) < 4.78 is 11.5. The van der Waals surface area contributed by atoms with E-state index in [0.717, 1.165) is 65.3 Å². The van der Waals surface area contributed by atoms with Gasteiger partial charge in [0.25, 0.3) is 0 Å². The molecule has 0 amide bonds. The third-order valence-corrected chi connectivity index (χ3v) is 8.75. The van der Waals surface area contributed by atoms with Crippen LogP contribution in [0, 0.1) is 5.41 Å². The largest absolute Gasteiger partial charge is 0.486 e. The Hall–Kier alpha value is -3.24. The van der Waals surface area contributed by atoms with Gasteiger partial charge in [0.1, 0.15) is 26.1 Å². The Morgan fingerprint density at radius 2 is 1.86 bits per heavy atom. The summed E-state index contributed by atoms with van der Waals surface area (Å²) in [6, 6.07) is 14.2. The minimum absolute atomic E-state index is 0.139. The second-order valence-electron chi connectivity index (χ2n) is 9.79. The number of anilines is 1. The topological polar surface area (TPSA) is 102 Å². The predicted octanol–water partition coefficient (Wildman–Crippen LogP) is 3.40. The molecule has 1 aliphatic carbocycles. The van der Waals surface area contributed by atoms with Crippen molar-refractivity contribution in [1.29, 1.82) is 0 Å². The number of ether oxygens (including phenoxy) is 2. The highest BCUT2D eigenvalue weighted by Crippen LogP contribution is 2.53. The standard InChI is InChI=1S/C26H25BN6O2S/c27-26(28)17-5-2-1-4-16(17)14-25(26)8-10-33(11-9-25)24-31-22-23(32-24)30-20(15-29-22)36-19-7-3-6-18-21(19)35-13-12-34-18/h1-7,15H,8-14,28H2,(H,29,30,31,32). The molecule has 1 unspecified atom stereocenters. The Labute approximate surface area is 214 Å². The molecule has 4 aromatic rings. The molecule has 10 heteroatoms. The van der Waals surface area contributed by atoms with Crippen LogP contribution in [0.5, 0.6) is 11.5 Å². The number of hydrogen-bond donors (Lipinski definition) is 2. The molecule has 3 N–H and O–H groups in total. The number of imidazole rings is 1. The summed E-state index contributed by atoms with van der Waals surface area (Å²) in [7, 11) is 6.76. The van der Waals surface area contributed by atoms with Crippen LogP contribution in [0.15, 0.2) is 58.6 Å². The van der Waals surface area contributed by atoms with Gasteiger partial charge in [-0.25, -0.2) is 9.97 Å². The number of benzene rings is 2. The van der Waals surface area contributed by atoms with Crippen LogP contribution < -0.4 is 20.1 Å². The van der Waals surface area contributed by atoms with Gasteiger partial charge < -0.3 is 25.1 Å². The fourth-order valence-corrected chi connectivity index (χ4v) is 6.68. The summed E-state index contributed by atoms with van der Waals surface area (Å²) in [5.74, 6) is 2.30. The number of H-pyrrole nitrogens is 1. The van der Waals surface area contributed by atoms with E-state index in [4.69, 9.17) is 33.0 Å². The normalized spacial score (nSPS) is 22.2. The fourth-order valence-electron chi connectivity index (χ4n) is 5.82. The maximum Gasteiger partial charge on any atom is 0.206 e. The molecule has 8 nitrogen and oxygen atoms in total. The first-order valence-corrected chi connectivity index (χ1v) is 13.0. The zero-order chi connectivity index (χ0) is 24.3. The van der Waals surface area contributed by atoms with Gasteiger partial charge in [-0.2, -0.15) is 4.98 Å². The van der Waals surface area contributed by atoms with Crippen LogP contribution in [-0.4, -0.2) is 54.1 Å². The van der Waals surface area contributed by atoms with Crippen molar-refractivity contribution >= 4 is 36.9 Å². The minimum atomic E-state index is -0.815. The Morgan fingerprint density at radius 1 is 1.03 bits per heavy atom. The van der Waals surface area contributed by atoms with Gasteiger partial charge in [0.05, 0.1) is 11.1 Å². The SMILES string of the molecule is [B]C1(N)c2ccccc2CC12CCN(c1nc3ncc(Sc4cccc5c4OCCO5)nc3[nH]1)CC2. The Morgan fingerprint density at radius 3 is 2.72 bits per heavy atom. The number of aromatic nitrogens is 4. The fraction of sp³-hybridized carbons (Fsp3) is 0.346. The quantitative estimate of drug-likeness (QED) is 0.417. The zero-order valence-electron chi connectivity index (χ0n) is 19.7. The maximum atomic E-state index is 6.76. The number of nitrogens with two attached hydrogens (primary N) is 1. The molecule has 1 saturated heterocycles. The highest BCUT2D eigenvalue weighted by atomic mass is 32.2. The van der Waals surface area contributed by atoms with Crippen molar-refractivity contribution in [3.8, 4) is 11.5 Å². The smallest absolute Gasteiger partial charge is 0.206 e. The lowest BCUT2D eigenvalue weighted by molar-refractivity contribution is 0.159. The van der Waals surface area contributed by atoms with Gasteiger partial charge in [0.2, 0.25) is 5.95 Å². The van der Waals surface area contributed by atoms with E-state index in [0.29, 0.717) is 24.5 Å². The van der Waals surface area contributed by atoms with Crippen molar-refractivity contribution in [3.05, 3.63) is 59.8 Å². The summed E-state index contributed by atoms with van der Waals surface area (Å²) >= 11 is 1.50. The van der Waals surface area contributed by atoms with Crippen molar-refractivity contribution in [2.24, 2.45) is 11.1 Å². The highest BCUT2D eigenvalue weighted by Gasteiger charge is 2.52. The van der Waals surface area contributed by atoms with E-state index in [2.05, 4.69) is 33.1 Å². The van der Waals surface area contributed by atoms with E-state index in [1.165, 1.54) is 17.3 Å². The van der Waals surface area contributed by atoms with Crippen LogP contribution in [0.4, 0.5) is 5.95 Å². The van der Waals surface area contributed by atoms with E-state index < -0.39 is 5.44 Å². The van der Waals surface area contributed by atoms with Crippen molar-refractivity contribution in [2.75, 3.05) is 31.2 Å². The van der Waals surface area contributed by atoms with E-state index in [1.54, 1.807) is 6.20 Å². The van der Waals surface area contributed by atoms with Crippen molar-refractivity contribution in [2.45, 2.75) is 34.6 Å². The Bertz CT molecular complexity index is 1470. The summed E-state index contributed by atoms with van der Waals surface area (Å²) in [6.07, 6.45) is 4.47. The number of para-hydroxylation sites is 1. The van der Waals surface area contributed by atoms with E-state index in [1.807, 2.05) is 24.3 Å². The van der Waals surface area contributed by atoms with Gasteiger partial charge in [-0.15, -0.1) is 0 Å². The molecular weight excluding hydrogens is 471 g/mol. The molecule has 1 atom stereocenters. The van der Waals surface area contributed by atoms with Crippen molar-refractivity contribution < 1.29 is 9.47 Å². The van der Waals surface area contributed by atoms with Crippen LogP contribution >= 0.6 is 11.8 Å². The molecule has 7 rings (SSSR count). The number of nitrogens with zero attached hydrogens (tertiary/aromatic N) is 4. The van der Waals surface area contributed by atoms with Gasteiger partial charge in [-0.05, 0) is 47.9 Å². The van der Waals surface area contributed by atoms with Crippen LogP contribution in [0.3, 0.4) is 0 Å². The van der Waals surface area contributed by atoms with Crippen molar-refractivity contribution in [3.63, 3.8) is 0 Å². The minimum Gasteiger partial charge on any atom is -0.486 e. The third kappa shape index (κ3) is 3.38. The molecule has 2 aromatic carbocycles. The van der Waals surface area contributed by atoms with Gasteiger partial charge in [-0.1, -0.05) is 42.1 Å². The highest BCUT2D eigenvalue weighted by molar-refractivity contribution is 7.99. The number of aromatic amines is 1. The van der Waals surface area contributed by atoms with E-state index in [-0.39, 0.29) is 5.41 Å². The molecule has 2 radical (unpaired) electrons. The predicted molar refractivity (Wildman–Crippen MR) is 139 cm³/mol. The average Bonchev–Trinajstić information content (AvgIpc) is 3.41. The summed E-state index contributed by atoms with van der Waals surface area (Å²) in [4.78, 5) is 20.6. The molecule has 2 aromatic heterocycles. The van der Waals surface area contributed by atoms with Crippen molar-refractivity contribution in [1.82, 2.24) is 19.9 Å². The number of nitrogens with one attached hydrogen (secondary N) is 1.